The number of anilines is 1. The minimum absolute atomic E-state index is 0.237. The number of aromatic nitrogens is 3. The Balaban J connectivity index is 1.22. The maximum Gasteiger partial charge on any atom is 0.393 e. The molecule has 168 valence electrons. The van der Waals surface area contributed by atoms with Crippen LogP contribution < -0.4 is 5.32 Å². The number of benzene rings is 1. The third-order valence-corrected chi connectivity index (χ3v) is 7.04. The quantitative estimate of drug-likeness (QED) is 0.404. The van der Waals surface area contributed by atoms with Crippen LogP contribution in [0, 0.1) is 6.92 Å². The van der Waals surface area contributed by atoms with Crippen LogP contribution in [0.1, 0.15) is 28.8 Å². The van der Waals surface area contributed by atoms with Crippen molar-refractivity contribution in [1.82, 2.24) is 19.9 Å². The number of hydrogen-bond acceptors (Lipinski definition) is 5. The molecule has 0 saturated carbocycles. The lowest BCUT2D eigenvalue weighted by molar-refractivity contribution is -0.126. The average Bonchev–Trinajstić information content (AvgIpc) is 3.32. The van der Waals surface area contributed by atoms with E-state index in [1.807, 2.05) is 0 Å². The molecule has 0 aliphatic carbocycles. The molecular formula is C23H24F3N5S. The number of piperidine rings is 1. The summed E-state index contributed by atoms with van der Waals surface area (Å²) in [4.78, 5) is 15.1. The monoisotopic (exact) mass is 459 g/mol. The fourth-order valence-electron chi connectivity index (χ4n) is 4.41. The molecule has 0 radical (unpaired) electrons. The van der Waals surface area contributed by atoms with Crippen LogP contribution in [0.3, 0.4) is 0 Å². The van der Waals surface area contributed by atoms with E-state index >= 15 is 0 Å². The number of aryl methyl sites for hydroxylation is 1. The number of fused-ring (bicyclic) bond motifs is 2. The number of thiophene rings is 1. The van der Waals surface area contributed by atoms with E-state index in [1.54, 1.807) is 6.07 Å². The molecule has 9 heteroatoms. The molecule has 0 unspecified atom stereocenters. The second-order valence-electron chi connectivity index (χ2n) is 8.50. The van der Waals surface area contributed by atoms with Gasteiger partial charge in [-0.1, -0.05) is 12.1 Å². The molecule has 1 aliphatic rings. The zero-order chi connectivity index (χ0) is 22.3. The highest BCUT2D eigenvalue weighted by molar-refractivity contribution is 7.18. The molecular weight excluding hydrogens is 435 g/mol. The summed E-state index contributed by atoms with van der Waals surface area (Å²) in [5, 5.41) is 5.40. The molecule has 1 fully saturated rings. The molecule has 0 spiro atoms. The van der Waals surface area contributed by atoms with Crippen molar-refractivity contribution < 1.29 is 13.2 Å². The van der Waals surface area contributed by atoms with Crippen LogP contribution in [0.5, 0.6) is 0 Å². The molecule has 3 aromatic heterocycles. The van der Waals surface area contributed by atoms with Crippen LogP contribution in [0.15, 0.2) is 36.8 Å². The third kappa shape index (κ3) is 4.59. The highest BCUT2D eigenvalue weighted by Gasteiger charge is 2.29. The summed E-state index contributed by atoms with van der Waals surface area (Å²) in [6, 6.07) is 8.30. The molecule has 0 amide bonds. The van der Waals surface area contributed by atoms with E-state index in [4.69, 9.17) is 0 Å². The van der Waals surface area contributed by atoms with E-state index in [1.165, 1.54) is 28.4 Å². The first-order valence-electron chi connectivity index (χ1n) is 10.7. The summed E-state index contributed by atoms with van der Waals surface area (Å²) >= 11 is 1.08. The first-order valence-corrected chi connectivity index (χ1v) is 11.5. The Hall–Kier alpha value is -2.65. The van der Waals surface area contributed by atoms with E-state index in [2.05, 4.69) is 56.5 Å². The van der Waals surface area contributed by atoms with E-state index in [0.717, 1.165) is 43.8 Å². The molecule has 32 heavy (non-hydrogen) atoms. The molecule has 5 rings (SSSR count). The Kier molecular flexibility index (Phi) is 5.54. The number of halogens is 3. The number of aromatic amines is 1. The number of nitrogens with zero attached hydrogens (tertiary/aromatic N) is 3. The van der Waals surface area contributed by atoms with E-state index in [-0.39, 0.29) is 10.9 Å². The maximum atomic E-state index is 12.8. The molecule has 4 aromatic rings. The smallest absolute Gasteiger partial charge is 0.367 e. The van der Waals surface area contributed by atoms with Crippen LogP contribution in [0.25, 0.3) is 21.1 Å². The van der Waals surface area contributed by atoms with Crippen molar-refractivity contribution in [2.24, 2.45) is 0 Å². The highest BCUT2D eigenvalue weighted by Crippen LogP contribution is 2.33. The predicted molar refractivity (Wildman–Crippen MR) is 122 cm³/mol. The van der Waals surface area contributed by atoms with Gasteiger partial charge in [-0.15, -0.1) is 11.3 Å². The molecule has 1 aliphatic heterocycles. The minimum atomic E-state index is -4.22. The fraction of sp³-hybridized carbons (Fsp3) is 0.391. The van der Waals surface area contributed by atoms with Crippen molar-refractivity contribution >= 4 is 38.3 Å². The third-order valence-electron chi connectivity index (χ3n) is 6.00. The van der Waals surface area contributed by atoms with Gasteiger partial charge in [0.05, 0.1) is 11.8 Å². The van der Waals surface area contributed by atoms with Crippen LogP contribution >= 0.6 is 11.3 Å². The number of hydrogen-bond donors (Lipinski definition) is 2. The second kappa shape index (κ2) is 8.37. The molecule has 5 nitrogen and oxygen atoms in total. The van der Waals surface area contributed by atoms with Gasteiger partial charge < -0.3 is 10.3 Å². The topological polar surface area (TPSA) is 56.8 Å². The standard InChI is InChI=1S/C23H24F3N5S/c1-14-2-3-18-15(11-27-20(18)8-14)12-31-6-4-16(5-7-31)30-21-19-9-17(10-23(24,25)26)32-22(19)29-13-28-21/h2-3,8-9,11,13,16,27H,4-7,10,12H2,1H3,(H,28,29,30). The van der Waals surface area contributed by atoms with E-state index in [0.29, 0.717) is 16.0 Å². The summed E-state index contributed by atoms with van der Waals surface area (Å²) in [5.41, 5.74) is 3.72. The SMILES string of the molecule is Cc1ccc2c(CN3CCC(Nc4ncnc5sc(CC(F)(F)F)cc45)CC3)c[nH]c2c1. The summed E-state index contributed by atoms with van der Waals surface area (Å²) in [7, 11) is 0. The average molecular weight is 460 g/mol. The Morgan fingerprint density at radius 2 is 1.97 bits per heavy atom. The van der Waals surface area contributed by atoms with Crippen LogP contribution in [-0.4, -0.2) is 45.2 Å². The number of nitrogens with one attached hydrogen (secondary N) is 2. The summed E-state index contributed by atoms with van der Waals surface area (Å²) in [6.45, 7) is 4.90. The second-order valence-corrected chi connectivity index (χ2v) is 9.62. The molecule has 0 bridgehead atoms. The molecule has 4 heterocycles. The Labute approximate surface area is 187 Å². The minimum Gasteiger partial charge on any atom is -0.367 e. The number of H-pyrrole nitrogens is 1. The maximum absolute atomic E-state index is 12.8. The molecule has 0 atom stereocenters. The van der Waals surface area contributed by atoms with Gasteiger partial charge in [0.25, 0.3) is 0 Å². The first kappa shape index (κ1) is 21.2. The highest BCUT2D eigenvalue weighted by atomic mass is 32.1. The largest absolute Gasteiger partial charge is 0.393 e. The van der Waals surface area contributed by atoms with Crippen LogP contribution in [0.2, 0.25) is 0 Å². The summed E-state index contributed by atoms with van der Waals surface area (Å²) in [6.07, 6.45) is 0.268. The van der Waals surface area contributed by atoms with Crippen molar-refractivity contribution in [3.8, 4) is 0 Å². The van der Waals surface area contributed by atoms with Gasteiger partial charge in [0.15, 0.2) is 0 Å². The lowest BCUT2D eigenvalue weighted by Gasteiger charge is -2.32. The first-order chi connectivity index (χ1) is 15.3. The lowest BCUT2D eigenvalue weighted by Crippen LogP contribution is -2.38. The van der Waals surface area contributed by atoms with Gasteiger partial charge in [-0.05, 0) is 43.0 Å². The van der Waals surface area contributed by atoms with Crippen molar-refractivity contribution in [2.45, 2.75) is 44.9 Å². The number of alkyl halides is 3. The van der Waals surface area contributed by atoms with E-state index < -0.39 is 12.6 Å². The molecule has 2 N–H and O–H groups in total. The van der Waals surface area contributed by atoms with Gasteiger partial charge in [-0.2, -0.15) is 13.2 Å². The predicted octanol–water partition coefficient (Wildman–Crippen LogP) is 5.66. The van der Waals surface area contributed by atoms with Crippen molar-refractivity contribution in [1.29, 1.82) is 0 Å². The zero-order valence-electron chi connectivity index (χ0n) is 17.7. The summed E-state index contributed by atoms with van der Waals surface area (Å²) < 4.78 is 38.3. The van der Waals surface area contributed by atoms with Gasteiger partial charge in [-0.25, -0.2) is 9.97 Å². The Bertz CT molecular complexity index is 1240. The van der Waals surface area contributed by atoms with Crippen molar-refractivity contribution in [3.63, 3.8) is 0 Å². The van der Waals surface area contributed by atoms with Gasteiger partial charge in [0.2, 0.25) is 0 Å². The number of rotatable bonds is 5. The van der Waals surface area contributed by atoms with Crippen LogP contribution in [-0.2, 0) is 13.0 Å². The van der Waals surface area contributed by atoms with Gasteiger partial charge in [0, 0.05) is 47.7 Å². The molecule has 1 aromatic carbocycles. The Morgan fingerprint density at radius 3 is 2.75 bits per heavy atom. The Morgan fingerprint density at radius 1 is 1.16 bits per heavy atom. The van der Waals surface area contributed by atoms with Gasteiger partial charge >= 0.3 is 6.18 Å². The van der Waals surface area contributed by atoms with Gasteiger partial charge in [-0.3, -0.25) is 4.90 Å². The van der Waals surface area contributed by atoms with Crippen molar-refractivity contribution in [2.75, 3.05) is 18.4 Å². The fourth-order valence-corrected chi connectivity index (χ4v) is 5.43. The van der Waals surface area contributed by atoms with E-state index in [9.17, 15) is 13.2 Å². The number of likely N-dealkylation sites (tertiary alicyclic amines) is 1. The van der Waals surface area contributed by atoms with Crippen molar-refractivity contribution in [3.05, 3.63) is 52.8 Å². The molecule has 1 saturated heterocycles. The lowest BCUT2D eigenvalue weighted by atomic mass is 10.0. The normalized spacial score (nSPS) is 16.2. The van der Waals surface area contributed by atoms with Crippen LogP contribution in [0.4, 0.5) is 19.0 Å². The zero-order valence-corrected chi connectivity index (χ0v) is 18.5. The summed E-state index contributed by atoms with van der Waals surface area (Å²) in [5.74, 6) is 0.630. The van der Waals surface area contributed by atoms with Gasteiger partial charge in [0.1, 0.15) is 17.0 Å².